The first-order valence-corrected chi connectivity index (χ1v) is 13.4. The second kappa shape index (κ2) is 10.9. The van der Waals surface area contributed by atoms with Crippen molar-refractivity contribution in [2.45, 2.75) is 111 Å². The second-order valence-corrected chi connectivity index (χ2v) is 11.7. The molecule has 32 heavy (non-hydrogen) atoms. The molecule has 0 heterocycles. The summed E-state index contributed by atoms with van der Waals surface area (Å²) in [6, 6.07) is 0. The number of ether oxygens (including phenoxy) is 2. The third-order valence-corrected chi connectivity index (χ3v) is 10.1. The van der Waals surface area contributed by atoms with Gasteiger partial charge in [-0.1, -0.05) is 34.1 Å². The Labute approximate surface area is 196 Å². The van der Waals surface area contributed by atoms with Crippen molar-refractivity contribution in [1.82, 2.24) is 0 Å². The molecule has 4 heteroatoms. The maximum Gasteiger partial charge on any atom is 0.305 e. The Bertz CT molecular complexity index is 645. The first-order valence-electron chi connectivity index (χ1n) is 13.4. The molecule has 0 aromatic rings. The zero-order valence-electron chi connectivity index (χ0n) is 21.5. The fourth-order valence-electron chi connectivity index (χ4n) is 8.41. The van der Waals surface area contributed by atoms with Gasteiger partial charge in [-0.05, 0) is 105 Å². The molecule has 184 valence electrons. The number of hydrogen-bond donors (Lipinski definition) is 0. The third-order valence-electron chi connectivity index (χ3n) is 10.1. The standard InChI is InChI=1S/C28H48O4/c1-7-8-26-25(11-10-21-17-22(32-20(4)29)15-16-28(21,26)5)24-13-12-23(19(24)3)18(2)9-14-27(30)31-6/h18-19,21-26H,7-17H2,1-6H3/t18-,19+,21-,22-,23-,24?,25?,26?,28+/m1/s1. The molecule has 3 aliphatic carbocycles. The molecule has 0 aromatic carbocycles. The summed E-state index contributed by atoms with van der Waals surface area (Å²) in [7, 11) is 1.49. The van der Waals surface area contributed by atoms with E-state index in [1.54, 1.807) is 6.92 Å². The van der Waals surface area contributed by atoms with Crippen LogP contribution < -0.4 is 0 Å². The van der Waals surface area contributed by atoms with Gasteiger partial charge in [0.1, 0.15) is 6.10 Å². The zero-order chi connectivity index (χ0) is 23.5. The summed E-state index contributed by atoms with van der Waals surface area (Å²) in [5.74, 6) is 5.00. The third kappa shape index (κ3) is 5.36. The smallest absolute Gasteiger partial charge is 0.305 e. The lowest BCUT2D eigenvalue weighted by molar-refractivity contribution is -0.155. The molecule has 3 fully saturated rings. The van der Waals surface area contributed by atoms with Crippen LogP contribution in [0.2, 0.25) is 0 Å². The maximum atomic E-state index is 11.6. The number of fused-ring (bicyclic) bond motifs is 1. The van der Waals surface area contributed by atoms with Gasteiger partial charge in [-0.2, -0.15) is 0 Å². The summed E-state index contributed by atoms with van der Waals surface area (Å²) in [6.07, 6.45) is 12.9. The molecule has 0 spiro atoms. The van der Waals surface area contributed by atoms with E-state index in [1.165, 1.54) is 52.1 Å². The number of esters is 2. The number of carbonyl (C=O) groups excluding carboxylic acids is 2. The van der Waals surface area contributed by atoms with Crippen LogP contribution in [0.15, 0.2) is 0 Å². The van der Waals surface area contributed by atoms with Gasteiger partial charge in [0.25, 0.3) is 0 Å². The zero-order valence-corrected chi connectivity index (χ0v) is 21.5. The Kier molecular flexibility index (Phi) is 8.72. The van der Waals surface area contributed by atoms with Crippen LogP contribution in [0.5, 0.6) is 0 Å². The summed E-state index contributed by atoms with van der Waals surface area (Å²) < 4.78 is 10.5. The van der Waals surface area contributed by atoms with E-state index in [0.29, 0.717) is 23.7 Å². The van der Waals surface area contributed by atoms with E-state index in [9.17, 15) is 9.59 Å². The van der Waals surface area contributed by atoms with Crippen molar-refractivity contribution < 1.29 is 19.1 Å². The van der Waals surface area contributed by atoms with E-state index in [4.69, 9.17) is 9.47 Å². The predicted molar refractivity (Wildman–Crippen MR) is 128 cm³/mol. The highest BCUT2D eigenvalue weighted by molar-refractivity contribution is 5.69. The van der Waals surface area contributed by atoms with E-state index in [0.717, 1.165) is 48.9 Å². The van der Waals surface area contributed by atoms with Crippen molar-refractivity contribution in [3.63, 3.8) is 0 Å². The van der Waals surface area contributed by atoms with Crippen molar-refractivity contribution in [2.75, 3.05) is 7.11 Å². The molecule has 0 aromatic heterocycles. The topological polar surface area (TPSA) is 52.6 Å². The highest BCUT2D eigenvalue weighted by Crippen LogP contribution is 2.61. The van der Waals surface area contributed by atoms with E-state index in [-0.39, 0.29) is 18.0 Å². The fraction of sp³-hybridized carbons (Fsp3) is 0.929. The molecule has 0 saturated heterocycles. The first kappa shape index (κ1) is 25.6. The summed E-state index contributed by atoms with van der Waals surface area (Å²) in [5, 5.41) is 0. The van der Waals surface area contributed by atoms with Crippen LogP contribution in [0, 0.1) is 46.8 Å². The highest BCUT2D eigenvalue weighted by atomic mass is 16.5. The average molecular weight is 449 g/mol. The molecule has 3 saturated carbocycles. The van der Waals surface area contributed by atoms with E-state index in [2.05, 4.69) is 27.7 Å². The molecule has 0 aliphatic heterocycles. The maximum absolute atomic E-state index is 11.6. The van der Waals surface area contributed by atoms with Crippen LogP contribution >= 0.6 is 0 Å². The molecule has 0 N–H and O–H groups in total. The molecular weight excluding hydrogens is 400 g/mol. The van der Waals surface area contributed by atoms with Crippen LogP contribution in [-0.4, -0.2) is 25.2 Å². The van der Waals surface area contributed by atoms with Crippen LogP contribution in [0.3, 0.4) is 0 Å². The summed E-state index contributed by atoms with van der Waals surface area (Å²) in [4.78, 5) is 23.2. The summed E-state index contributed by atoms with van der Waals surface area (Å²) in [6.45, 7) is 11.3. The van der Waals surface area contributed by atoms with Crippen molar-refractivity contribution in [2.24, 2.45) is 46.8 Å². The number of carbonyl (C=O) groups is 2. The number of rotatable bonds is 8. The van der Waals surface area contributed by atoms with Crippen molar-refractivity contribution in [3.8, 4) is 0 Å². The first-order chi connectivity index (χ1) is 15.2. The largest absolute Gasteiger partial charge is 0.469 e. The molecule has 9 atom stereocenters. The van der Waals surface area contributed by atoms with Gasteiger partial charge in [0.2, 0.25) is 0 Å². The predicted octanol–water partition coefficient (Wildman–Crippen LogP) is 6.80. The van der Waals surface area contributed by atoms with Crippen LogP contribution in [0.4, 0.5) is 0 Å². The molecular formula is C28H48O4. The average Bonchev–Trinajstić information content (AvgIpc) is 3.13. The molecule has 0 amide bonds. The van der Waals surface area contributed by atoms with Gasteiger partial charge in [0, 0.05) is 13.3 Å². The SMILES string of the molecule is CCCC1C(C2CC[C@H]([C@H](C)CCC(=O)OC)[C@@H]2C)CC[C@@H]2C[C@H](OC(C)=O)CC[C@]12C. The monoisotopic (exact) mass is 448 g/mol. The van der Waals surface area contributed by atoms with E-state index < -0.39 is 0 Å². The van der Waals surface area contributed by atoms with Gasteiger partial charge in [-0.3, -0.25) is 9.59 Å². The Hall–Kier alpha value is -1.06. The van der Waals surface area contributed by atoms with Crippen LogP contribution in [0.1, 0.15) is 105 Å². The Morgan fingerprint density at radius 1 is 1.09 bits per heavy atom. The Morgan fingerprint density at radius 2 is 1.81 bits per heavy atom. The summed E-state index contributed by atoms with van der Waals surface area (Å²) in [5.41, 5.74) is 0.393. The number of hydrogen-bond acceptors (Lipinski definition) is 4. The quantitative estimate of drug-likeness (QED) is 0.383. The molecule has 0 radical (unpaired) electrons. The Morgan fingerprint density at radius 3 is 2.47 bits per heavy atom. The summed E-state index contributed by atoms with van der Waals surface area (Å²) >= 11 is 0. The fourth-order valence-corrected chi connectivity index (χ4v) is 8.41. The highest BCUT2D eigenvalue weighted by Gasteiger charge is 2.54. The lowest BCUT2D eigenvalue weighted by atomic mass is 9.49. The minimum absolute atomic E-state index is 0.0716. The van der Waals surface area contributed by atoms with Gasteiger partial charge in [0.15, 0.2) is 0 Å². The minimum Gasteiger partial charge on any atom is -0.469 e. The minimum atomic E-state index is -0.121. The molecule has 4 nitrogen and oxygen atoms in total. The molecule has 3 rings (SSSR count). The van der Waals surface area contributed by atoms with Gasteiger partial charge >= 0.3 is 11.9 Å². The molecule has 3 unspecified atom stereocenters. The van der Waals surface area contributed by atoms with Crippen molar-refractivity contribution in [1.29, 1.82) is 0 Å². The van der Waals surface area contributed by atoms with Crippen molar-refractivity contribution >= 4 is 11.9 Å². The van der Waals surface area contributed by atoms with E-state index in [1.807, 2.05) is 0 Å². The van der Waals surface area contributed by atoms with Crippen LogP contribution in [-0.2, 0) is 19.1 Å². The van der Waals surface area contributed by atoms with Gasteiger partial charge in [-0.25, -0.2) is 0 Å². The molecule has 3 aliphatic rings. The second-order valence-electron chi connectivity index (χ2n) is 11.7. The lowest BCUT2D eigenvalue weighted by Crippen LogP contribution is -2.50. The van der Waals surface area contributed by atoms with Gasteiger partial charge < -0.3 is 9.47 Å². The Balaban J connectivity index is 1.69. The normalized spacial score (nSPS) is 40.4. The van der Waals surface area contributed by atoms with E-state index >= 15 is 0 Å². The van der Waals surface area contributed by atoms with Crippen LogP contribution in [0.25, 0.3) is 0 Å². The molecule has 0 bridgehead atoms. The van der Waals surface area contributed by atoms with Gasteiger partial charge in [-0.15, -0.1) is 0 Å². The number of methoxy groups -OCH3 is 1. The van der Waals surface area contributed by atoms with Gasteiger partial charge in [0.05, 0.1) is 7.11 Å². The lowest BCUT2D eigenvalue weighted by Gasteiger charge is -2.57. The van der Waals surface area contributed by atoms with Crippen molar-refractivity contribution in [3.05, 3.63) is 0 Å².